The second-order valence-electron chi connectivity index (χ2n) is 6.51. The zero-order valence-corrected chi connectivity index (χ0v) is 14.0. The Bertz CT molecular complexity index is 626. The van der Waals surface area contributed by atoms with Gasteiger partial charge in [-0.3, -0.25) is 14.5 Å². The zero-order chi connectivity index (χ0) is 17.1. The van der Waals surface area contributed by atoms with E-state index in [0.29, 0.717) is 0 Å². The largest absolute Gasteiger partial charge is 0.327 e. The van der Waals surface area contributed by atoms with Crippen LogP contribution in [-0.2, 0) is 9.59 Å². The molecule has 1 heterocycles. The third kappa shape index (κ3) is 3.27. The highest BCUT2D eigenvalue weighted by molar-refractivity contribution is 6.06. The van der Waals surface area contributed by atoms with Crippen LogP contribution in [0.1, 0.15) is 32.1 Å². The molecule has 0 atom stereocenters. The van der Waals surface area contributed by atoms with E-state index in [2.05, 4.69) is 0 Å². The van der Waals surface area contributed by atoms with Crippen LogP contribution < -0.4 is 4.90 Å². The number of amides is 4. The molecule has 2 fully saturated rings. The quantitative estimate of drug-likeness (QED) is 0.796. The molecule has 1 aromatic rings. The summed E-state index contributed by atoms with van der Waals surface area (Å²) >= 11 is 0. The molecule has 6 heteroatoms. The molecule has 1 aromatic carbocycles. The third-order valence-corrected chi connectivity index (χ3v) is 4.77. The van der Waals surface area contributed by atoms with Crippen molar-refractivity contribution in [2.24, 2.45) is 0 Å². The first-order valence-electron chi connectivity index (χ1n) is 8.50. The number of anilines is 1. The van der Waals surface area contributed by atoms with E-state index in [-0.39, 0.29) is 30.9 Å². The number of likely N-dealkylation sites (N-methyl/N-ethyl adjacent to an activating group) is 1. The summed E-state index contributed by atoms with van der Waals surface area (Å²) in [6.45, 7) is -0.145. The number of imide groups is 1. The molecule has 2 aliphatic rings. The number of para-hydroxylation sites is 1. The smallest absolute Gasteiger partial charge is 0.318 e. The van der Waals surface area contributed by atoms with Crippen LogP contribution in [0.25, 0.3) is 0 Å². The van der Waals surface area contributed by atoms with Crippen molar-refractivity contribution in [3.63, 3.8) is 0 Å². The Labute approximate surface area is 142 Å². The summed E-state index contributed by atoms with van der Waals surface area (Å²) in [7, 11) is 1.57. The number of rotatable bonds is 4. The highest BCUT2D eigenvalue weighted by atomic mass is 16.2. The Morgan fingerprint density at radius 2 is 1.79 bits per heavy atom. The minimum absolute atomic E-state index is 0.0425. The predicted octanol–water partition coefficient (Wildman–Crippen LogP) is 2.25. The van der Waals surface area contributed by atoms with Crippen LogP contribution in [0.2, 0.25) is 0 Å². The average Bonchev–Trinajstić information content (AvgIpc) is 2.83. The van der Waals surface area contributed by atoms with Crippen LogP contribution >= 0.6 is 0 Å². The van der Waals surface area contributed by atoms with Crippen molar-refractivity contribution in [1.82, 2.24) is 9.80 Å². The van der Waals surface area contributed by atoms with Gasteiger partial charge >= 0.3 is 6.03 Å². The standard InChI is InChI=1S/C18H23N3O3/c1-19-12-16(22)20(18(19)24)13-17(23)21(14-8-4-2-5-9-14)15-10-6-3-7-11-15/h2,4-5,8-9,15H,3,6-7,10-13H2,1H3. The van der Waals surface area contributed by atoms with E-state index >= 15 is 0 Å². The maximum Gasteiger partial charge on any atom is 0.327 e. The summed E-state index contributed by atoms with van der Waals surface area (Å²) in [5.74, 6) is -0.502. The maximum absolute atomic E-state index is 13.0. The minimum atomic E-state index is -0.398. The topological polar surface area (TPSA) is 60.9 Å². The van der Waals surface area contributed by atoms with Gasteiger partial charge in [0.25, 0.3) is 5.91 Å². The Morgan fingerprint density at radius 3 is 2.38 bits per heavy atom. The van der Waals surface area contributed by atoms with Crippen molar-refractivity contribution in [3.8, 4) is 0 Å². The first-order valence-corrected chi connectivity index (χ1v) is 8.50. The molecule has 1 saturated carbocycles. The van der Waals surface area contributed by atoms with E-state index in [9.17, 15) is 14.4 Å². The van der Waals surface area contributed by atoms with Crippen LogP contribution in [-0.4, -0.2) is 53.8 Å². The Morgan fingerprint density at radius 1 is 1.12 bits per heavy atom. The fourth-order valence-electron chi connectivity index (χ4n) is 3.52. The summed E-state index contributed by atoms with van der Waals surface area (Å²) in [5, 5.41) is 0. The molecule has 4 amide bonds. The first-order chi connectivity index (χ1) is 11.6. The van der Waals surface area contributed by atoms with E-state index in [1.54, 1.807) is 11.9 Å². The molecule has 0 radical (unpaired) electrons. The van der Waals surface area contributed by atoms with Crippen LogP contribution in [0.15, 0.2) is 30.3 Å². The van der Waals surface area contributed by atoms with Crippen LogP contribution in [0.3, 0.4) is 0 Å². The van der Waals surface area contributed by atoms with Crippen molar-refractivity contribution in [3.05, 3.63) is 30.3 Å². The number of urea groups is 1. The third-order valence-electron chi connectivity index (χ3n) is 4.77. The number of carbonyl (C=O) groups excluding carboxylic acids is 3. The summed E-state index contributed by atoms with van der Waals surface area (Å²) in [6, 6.07) is 9.27. The molecule has 1 aliphatic carbocycles. The van der Waals surface area contributed by atoms with E-state index in [4.69, 9.17) is 0 Å². The molecule has 24 heavy (non-hydrogen) atoms. The second-order valence-corrected chi connectivity index (χ2v) is 6.51. The lowest BCUT2D eigenvalue weighted by Gasteiger charge is -2.35. The number of hydrogen-bond acceptors (Lipinski definition) is 3. The van der Waals surface area contributed by atoms with Crippen LogP contribution in [0.5, 0.6) is 0 Å². The lowest BCUT2D eigenvalue weighted by atomic mass is 9.93. The molecule has 0 aromatic heterocycles. The number of carbonyl (C=O) groups is 3. The summed E-state index contributed by atoms with van der Waals surface area (Å²) in [5.41, 5.74) is 0.835. The predicted molar refractivity (Wildman–Crippen MR) is 90.5 cm³/mol. The molecular formula is C18H23N3O3. The van der Waals surface area contributed by atoms with Gasteiger partial charge in [-0.05, 0) is 25.0 Å². The molecule has 128 valence electrons. The average molecular weight is 329 g/mol. The van der Waals surface area contributed by atoms with E-state index in [1.165, 1.54) is 11.3 Å². The van der Waals surface area contributed by atoms with Gasteiger partial charge in [0.1, 0.15) is 13.1 Å². The molecule has 0 unspecified atom stereocenters. The normalized spacial score (nSPS) is 19.0. The van der Waals surface area contributed by atoms with Crippen molar-refractivity contribution >= 4 is 23.5 Å². The molecule has 3 rings (SSSR count). The highest BCUT2D eigenvalue weighted by Crippen LogP contribution is 2.27. The van der Waals surface area contributed by atoms with Crippen molar-refractivity contribution < 1.29 is 14.4 Å². The van der Waals surface area contributed by atoms with Gasteiger partial charge in [-0.1, -0.05) is 37.5 Å². The van der Waals surface area contributed by atoms with E-state index < -0.39 is 6.03 Å². The van der Waals surface area contributed by atoms with Crippen LogP contribution in [0.4, 0.5) is 10.5 Å². The van der Waals surface area contributed by atoms with Gasteiger partial charge in [-0.2, -0.15) is 0 Å². The minimum Gasteiger partial charge on any atom is -0.318 e. The fraction of sp³-hybridized carbons (Fsp3) is 0.500. The number of hydrogen-bond donors (Lipinski definition) is 0. The van der Waals surface area contributed by atoms with Gasteiger partial charge in [0.2, 0.25) is 5.91 Å². The van der Waals surface area contributed by atoms with Crippen molar-refractivity contribution in [2.75, 3.05) is 25.0 Å². The van der Waals surface area contributed by atoms with E-state index in [1.807, 2.05) is 30.3 Å². The lowest BCUT2D eigenvalue weighted by molar-refractivity contribution is -0.130. The number of nitrogens with zero attached hydrogens (tertiary/aromatic N) is 3. The van der Waals surface area contributed by atoms with Gasteiger partial charge in [0.05, 0.1) is 0 Å². The lowest BCUT2D eigenvalue weighted by Crippen LogP contribution is -2.48. The molecule has 1 aliphatic heterocycles. The number of benzene rings is 1. The Balaban J connectivity index is 1.81. The molecule has 0 N–H and O–H groups in total. The van der Waals surface area contributed by atoms with Crippen molar-refractivity contribution in [2.45, 2.75) is 38.1 Å². The molecule has 1 saturated heterocycles. The van der Waals surface area contributed by atoms with E-state index in [0.717, 1.165) is 36.3 Å². The summed E-state index contributed by atoms with van der Waals surface area (Å²) < 4.78 is 0. The monoisotopic (exact) mass is 329 g/mol. The van der Waals surface area contributed by atoms with Gasteiger partial charge < -0.3 is 9.80 Å². The zero-order valence-electron chi connectivity index (χ0n) is 14.0. The second kappa shape index (κ2) is 7.03. The molecule has 0 bridgehead atoms. The molecule has 0 spiro atoms. The van der Waals surface area contributed by atoms with Gasteiger partial charge in [-0.25, -0.2) is 4.79 Å². The molecule has 6 nitrogen and oxygen atoms in total. The Hall–Kier alpha value is -2.37. The van der Waals surface area contributed by atoms with Crippen molar-refractivity contribution in [1.29, 1.82) is 0 Å². The summed E-state index contributed by atoms with van der Waals surface area (Å²) in [6.07, 6.45) is 5.32. The SMILES string of the molecule is CN1CC(=O)N(CC(=O)N(c2ccccc2)C2CCCCC2)C1=O. The van der Waals surface area contributed by atoms with Gasteiger partial charge in [0.15, 0.2) is 0 Å². The maximum atomic E-state index is 13.0. The van der Waals surface area contributed by atoms with Gasteiger partial charge in [-0.15, -0.1) is 0 Å². The first kappa shape index (κ1) is 16.5. The molecular weight excluding hydrogens is 306 g/mol. The summed E-state index contributed by atoms with van der Waals surface area (Å²) in [4.78, 5) is 41.1. The highest BCUT2D eigenvalue weighted by Gasteiger charge is 2.37. The van der Waals surface area contributed by atoms with Crippen LogP contribution in [0, 0.1) is 0 Å². The fourth-order valence-corrected chi connectivity index (χ4v) is 3.52. The van der Waals surface area contributed by atoms with Gasteiger partial charge in [0, 0.05) is 18.8 Å². The Kier molecular flexibility index (Phi) is 4.83.